The van der Waals surface area contributed by atoms with Crippen molar-refractivity contribution in [3.8, 4) is 5.75 Å². The molecule has 0 aromatic heterocycles. The summed E-state index contributed by atoms with van der Waals surface area (Å²) >= 11 is 0. The van der Waals surface area contributed by atoms with Crippen LogP contribution in [-0.4, -0.2) is 31.0 Å². The van der Waals surface area contributed by atoms with E-state index in [1.807, 2.05) is 31.2 Å². The standard InChI is InChI=1S/C19H23NO4/c1-2-22-12-5-3-4-11(8-12)20-19(21)24-15-7-10-6-13(15)14-9-16-18(23-16)17(10)14/h3-5,8,10,13-18H,2,6-7,9H2,1H3,(H,20,21)/t10-,13-,14-,15-,16-,17-,18+/m1/s1. The van der Waals surface area contributed by atoms with Gasteiger partial charge in [-0.1, -0.05) is 6.07 Å². The summed E-state index contributed by atoms with van der Waals surface area (Å²) in [6, 6.07) is 7.42. The average molecular weight is 329 g/mol. The minimum atomic E-state index is -0.350. The number of rotatable bonds is 4. The Hall–Kier alpha value is -1.75. The zero-order valence-corrected chi connectivity index (χ0v) is 13.8. The molecular weight excluding hydrogens is 306 g/mol. The highest BCUT2D eigenvalue weighted by molar-refractivity contribution is 5.85. The van der Waals surface area contributed by atoms with E-state index in [0.717, 1.165) is 18.1 Å². The third-order valence-corrected chi connectivity index (χ3v) is 6.33. The number of hydrogen-bond donors (Lipinski definition) is 1. The van der Waals surface area contributed by atoms with Crippen LogP contribution in [0.1, 0.15) is 26.2 Å². The lowest BCUT2D eigenvalue weighted by Crippen LogP contribution is -2.35. The zero-order valence-electron chi connectivity index (χ0n) is 13.8. The quantitative estimate of drug-likeness (QED) is 0.860. The summed E-state index contributed by atoms with van der Waals surface area (Å²) in [5, 5.41) is 2.84. The topological polar surface area (TPSA) is 60.1 Å². The summed E-state index contributed by atoms with van der Waals surface area (Å²) in [5.41, 5.74) is 0.711. The van der Waals surface area contributed by atoms with E-state index in [4.69, 9.17) is 14.2 Å². The lowest BCUT2D eigenvalue weighted by molar-refractivity contribution is 0.0251. The summed E-state index contributed by atoms with van der Waals surface area (Å²) in [6.45, 7) is 2.54. The van der Waals surface area contributed by atoms with Gasteiger partial charge in [0.15, 0.2) is 0 Å². The number of carbonyl (C=O) groups excluding carboxylic acids is 1. The molecule has 0 spiro atoms. The van der Waals surface area contributed by atoms with Crippen LogP contribution in [0.5, 0.6) is 5.75 Å². The molecule has 1 saturated heterocycles. The van der Waals surface area contributed by atoms with Crippen LogP contribution in [0.3, 0.4) is 0 Å². The fraction of sp³-hybridized carbons (Fsp3) is 0.632. The highest BCUT2D eigenvalue weighted by Gasteiger charge is 2.67. The van der Waals surface area contributed by atoms with Crippen molar-refractivity contribution in [2.75, 3.05) is 11.9 Å². The van der Waals surface area contributed by atoms with Crippen molar-refractivity contribution in [3.63, 3.8) is 0 Å². The molecule has 1 aromatic carbocycles. The minimum absolute atomic E-state index is 0.0730. The van der Waals surface area contributed by atoms with Gasteiger partial charge in [0.25, 0.3) is 0 Å². The van der Waals surface area contributed by atoms with Crippen molar-refractivity contribution in [3.05, 3.63) is 24.3 Å². The van der Waals surface area contributed by atoms with Gasteiger partial charge in [-0.25, -0.2) is 4.79 Å². The second-order valence-corrected chi connectivity index (χ2v) is 7.54. The normalized spacial score (nSPS) is 40.8. The van der Waals surface area contributed by atoms with Gasteiger partial charge in [-0.2, -0.15) is 0 Å². The molecule has 0 radical (unpaired) electrons. The maximum Gasteiger partial charge on any atom is 0.411 e. The SMILES string of the molecule is CCOc1cccc(NC(=O)O[C@@H]2C[C@H]3C[C@@H]2[C@H]2C[C@H]4O[C@@H]4[C@H]32)c1. The number of nitrogens with one attached hydrogen (secondary N) is 1. The van der Waals surface area contributed by atoms with Crippen LogP contribution >= 0.6 is 0 Å². The van der Waals surface area contributed by atoms with Gasteiger partial charge in [-0.15, -0.1) is 0 Å². The summed E-state index contributed by atoms with van der Waals surface area (Å²) in [6.07, 6.45) is 4.15. The summed E-state index contributed by atoms with van der Waals surface area (Å²) in [7, 11) is 0. The molecule has 24 heavy (non-hydrogen) atoms. The molecular formula is C19H23NO4. The number of epoxide rings is 1. The van der Waals surface area contributed by atoms with Crippen LogP contribution in [0, 0.1) is 23.7 Å². The molecule has 1 aromatic rings. The van der Waals surface area contributed by atoms with Crippen molar-refractivity contribution in [2.24, 2.45) is 23.7 Å². The Kier molecular flexibility index (Phi) is 3.27. The van der Waals surface area contributed by atoms with E-state index < -0.39 is 0 Å². The number of amides is 1. The van der Waals surface area contributed by atoms with Crippen LogP contribution in [-0.2, 0) is 9.47 Å². The van der Waals surface area contributed by atoms with Crippen molar-refractivity contribution in [1.29, 1.82) is 0 Å². The Morgan fingerprint density at radius 2 is 2.21 bits per heavy atom. The number of ether oxygens (including phenoxy) is 3. The Morgan fingerprint density at radius 1 is 1.29 bits per heavy atom. The number of fused-ring (bicyclic) bond motifs is 7. The van der Waals surface area contributed by atoms with Crippen LogP contribution < -0.4 is 10.1 Å². The molecule has 3 saturated carbocycles. The number of benzene rings is 1. The van der Waals surface area contributed by atoms with E-state index in [-0.39, 0.29) is 12.2 Å². The molecule has 128 valence electrons. The average Bonchev–Trinajstić information content (AvgIpc) is 2.92. The van der Waals surface area contributed by atoms with Crippen molar-refractivity contribution in [1.82, 2.24) is 0 Å². The van der Waals surface area contributed by atoms with Crippen molar-refractivity contribution < 1.29 is 19.0 Å². The Morgan fingerprint density at radius 3 is 3.08 bits per heavy atom. The largest absolute Gasteiger partial charge is 0.494 e. The first kappa shape index (κ1) is 14.6. The molecule has 3 aliphatic carbocycles. The fourth-order valence-corrected chi connectivity index (χ4v) is 5.52. The zero-order chi connectivity index (χ0) is 16.3. The fourth-order valence-electron chi connectivity index (χ4n) is 5.52. The van der Waals surface area contributed by atoms with Crippen molar-refractivity contribution >= 4 is 11.8 Å². The molecule has 4 aliphatic rings. The second-order valence-electron chi connectivity index (χ2n) is 7.54. The van der Waals surface area contributed by atoms with E-state index in [0.29, 0.717) is 42.3 Å². The molecule has 0 unspecified atom stereocenters. The first-order chi connectivity index (χ1) is 11.7. The van der Waals surface area contributed by atoms with Gasteiger partial charge in [0.05, 0.1) is 18.8 Å². The summed E-state index contributed by atoms with van der Waals surface area (Å²) in [5.74, 6) is 3.44. The Bertz CT molecular complexity index is 663. The first-order valence-corrected chi connectivity index (χ1v) is 9.09. The highest BCUT2D eigenvalue weighted by Crippen LogP contribution is 2.64. The monoisotopic (exact) mass is 329 g/mol. The molecule has 1 heterocycles. The predicted molar refractivity (Wildman–Crippen MR) is 88.0 cm³/mol. The molecule has 5 rings (SSSR count). The van der Waals surface area contributed by atoms with E-state index in [1.165, 1.54) is 12.8 Å². The molecule has 7 atom stereocenters. The summed E-state index contributed by atoms with van der Waals surface area (Å²) < 4.78 is 16.9. The predicted octanol–water partition coefficient (Wildman–Crippen LogP) is 3.45. The maximum absolute atomic E-state index is 12.3. The lowest BCUT2D eigenvalue weighted by Gasteiger charge is -2.32. The van der Waals surface area contributed by atoms with E-state index in [9.17, 15) is 4.79 Å². The van der Waals surface area contributed by atoms with Gasteiger partial charge in [-0.05, 0) is 62.0 Å². The third kappa shape index (κ3) is 2.29. The molecule has 2 bridgehead atoms. The van der Waals surface area contributed by atoms with Crippen LogP contribution in [0.4, 0.5) is 10.5 Å². The minimum Gasteiger partial charge on any atom is -0.494 e. The molecule has 5 nitrogen and oxygen atoms in total. The first-order valence-electron chi connectivity index (χ1n) is 9.09. The maximum atomic E-state index is 12.3. The molecule has 1 amide bonds. The molecule has 1 N–H and O–H groups in total. The smallest absolute Gasteiger partial charge is 0.411 e. The van der Waals surface area contributed by atoms with Crippen LogP contribution in [0.25, 0.3) is 0 Å². The lowest BCUT2D eigenvalue weighted by atomic mass is 9.79. The molecule has 5 heteroatoms. The number of carbonyl (C=O) groups is 1. The van der Waals surface area contributed by atoms with Crippen molar-refractivity contribution in [2.45, 2.75) is 44.5 Å². The Labute approximate surface area is 141 Å². The van der Waals surface area contributed by atoms with Crippen LogP contribution in [0.15, 0.2) is 24.3 Å². The molecule has 4 fully saturated rings. The van der Waals surface area contributed by atoms with Gasteiger partial charge < -0.3 is 14.2 Å². The van der Waals surface area contributed by atoms with Gasteiger partial charge in [0, 0.05) is 11.8 Å². The van der Waals surface area contributed by atoms with E-state index in [1.54, 1.807) is 0 Å². The highest BCUT2D eigenvalue weighted by atomic mass is 16.6. The van der Waals surface area contributed by atoms with Gasteiger partial charge in [0.1, 0.15) is 11.9 Å². The number of hydrogen-bond acceptors (Lipinski definition) is 4. The van der Waals surface area contributed by atoms with Gasteiger partial charge in [0.2, 0.25) is 0 Å². The Balaban J connectivity index is 1.20. The van der Waals surface area contributed by atoms with Crippen LogP contribution in [0.2, 0.25) is 0 Å². The molecule has 1 aliphatic heterocycles. The third-order valence-electron chi connectivity index (χ3n) is 6.33. The van der Waals surface area contributed by atoms with Gasteiger partial charge in [-0.3, -0.25) is 5.32 Å². The summed E-state index contributed by atoms with van der Waals surface area (Å²) in [4.78, 5) is 12.3. The van der Waals surface area contributed by atoms with E-state index in [2.05, 4.69) is 5.32 Å². The van der Waals surface area contributed by atoms with Gasteiger partial charge >= 0.3 is 6.09 Å². The van der Waals surface area contributed by atoms with E-state index >= 15 is 0 Å². The second kappa shape index (κ2) is 5.38. The number of anilines is 1.